The summed E-state index contributed by atoms with van der Waals surface area (Å²) in [5, 5.41) is 11.0. The predicted octanol–water partition coefficient (Wildman–Crippen LogP) is 1.49. The fourth-order valence-corrected chi connectivity index (χ4v) is 1.79. The van der Waals surface area contributed by atoms with Crippen LogP contribution in [0.3, 0.4) is 0 Å². The third kappa shape index (κ3) is 8.32. The summed E-state index contributed by atoms with van der Waals surface area (Å²) in [4.78, 5) is 2.37. The van der Waals surface area contributed by atoms with Gasteiger partial charge in [-0.2, -0.15) is 0 Å². The Kier molecular flexibility index (Phi) is 8.32. The average molecular weight is 293 g/mol. The van der Waals surface area contributed by atoms with Gasteiger partial charge in [0, 0.05) is 25.9 Å². The molecule has 1 fully saturated rings. The SMILES string of the molecule is COC1CCN(c2ccccc2)C1.F[B-](F)(F)F.N#[NH+]. The lowest BCUT2D eigenvalue weighted by molar-refractivity contribution is -0.175. The molecule has 1 unspecified atom stereocenters. The van der Waals surface area contributed by atoms with Crippen LogP contribution in [0.5, 0.6) is 0 Å². The molecule has 0 aromatic heterocycles. The Hall–Kier alpha value is -1.82. The van der Waals surface area contributed by atoms with Crippen LogP contribution in [0.4, 0.5) is 23.0 Å². The van der Waals surface area contributed by atoms with Crippen LogP contribution in [0.1, 0.15) is 6.42 Å². The van der Waals surface area contributed by atoms with Gasteiger partial charge < -0.3 is 26.9 Å². The topological polar surface area (TPSA) is 60.1 Å². The van der Waals surface area contributed by atoms with Crippen LogP contribution in [0.25, 0.3) is 0 Å². The number of hydrogen-bond acceptors (Lipinski definition) is 3. The molecule has 1 aliphatic rings. The van der Waals surface area contributed by atoms with E-state index >= 15 is 0 Å². The zero-order valence-corrected chi connectivity index (χ0v) is 11.0. The molecule has 1 aromatic carbocycles. The fourth-order valence-electron chi connectivity index (χ4n) is 1.79. The van der Waals surface area contributed by atoms with Crippen molar-refractivity contribution in [1.82, 2.24) is 0 Å². The summed E-state index contributed by atoms with van der Waals surface area (Å²) < 4.78 is 44.3. The lowest BCUT2D eigenvalue weighted by Gasteiger charge is -2.17. The van der Waals surface area contributed by atoms with Gasteiger partial charge in [0.2, 0.25) is 5.39 Å². The number of nitrogens with zero attached hydrogens (tertiary/aromatic N) is 2. The highest BCUT2D eigenvalue weighted by Gasteiger charge is 2.21. The minimum Gasteiger partial charge on any atom is -0.418 e. The van der Waals surface area contributed by atoms with E-state index in [4.69, 9.17) is 15.5 Å². The van der Waals surface area contributed by atoms with Crippen LogP contribution < -0.4 is 10.3 Å². The molecule has 1 N–H and O–H groups in total. The van der Waals surface area contributed by atoms with Crippen LogP contribution in [-0.2, 0) is 4.74 Å². The third-order valence-electron chi connectivity index (χ3n) is 2.60. The van der Waals surface area contributed by atoms with Crippen LogP contribution in [0.15, 0.2) is 30.3 Å². The van der Waals surface area contributed by atoms with Crippen molar-refractivity contribution in [2.24, 2.45) is 0 Å². The first-order valence-corrected chi connectivity index (χ1v) is 5.82. The van der Waals surface area contributed by atoms with Crippen molar-refractivity contribution in [3.63, 3.8) is 0 Å². The molecule has 1 aliphatic heterocycles. The van der Waals surface area contributed by atoms with Crippen molar-refractivity contribution in [3.05, 3.63) is 30.3 Å². The molecule has 0 amide bonds. The van der Waals surface area contributed by atoms with Crippen LogP contribution >= 0.6 is 0 Å². The smallest absolute Gasteiger partial charge is 0.418 e. The van der Waals surface area contributed by atoms with E-state index in [-0.39, 0.29) is 0 Å². The summed E-state index contributed by atoms with van der Waals surface area (Å²) >= 11 is 0. The zero-order valence-electron chi connectivity index (χ0n) is 11.0. The minimum absolute atomic E-state index is 0.417. The van der Waals surface area contributed by atoms with Crippen molar-refractivity contribution in [3.8, 4) is 0 Å². The molecule has 0 saturated carbocycles. The molecule has 0 aliphatic carbocycles. The summed E-state index contributed by atoms with van der Waals surface area (Å²) in [7, 11) is -4.21. The maximum atomic E-state index is 9.75. The number of hydrogen-bond donors (Lipinski definition) is 1. The van der Waals surface area contributed by atoms with Gasteiger partial charge in [-0.1, -0.05) is 18.2 Å². The molecule has 2 rings (SSSR count). The summed E-state index contributed by atoms with van der Waals surface area (Å²) in [6, 6.07) is 10.5. The van der Waals surface area contributed by atoms with E-state index in [1.54, 1.807) is 7.11 Å². The first-order chi connectivity index (χ1) is 9.40. The van der Waals surface area contributed by atoms with E-state index in [9.17, 15) is 17.3 Å². The predicted molar refractivity (Wildman–Crippen MR) is 66.9 cm³/mol. The van der Waals surface area contributed by atoms with E-state index in [1.807, 2.05) is 6.07 Å². The summed E-state index contributed by atoms with van der Waals surface area (Å²) in [5.41, 5.74) is 1.31. The third-order valence-corrected chi connectivity index (χ3v) is 2.60. The standard InChI is InChI=1S/C11H15NO.BF4.N2/c1-13-11-7-8-12(9-11)10-5-3-2-4-6-10;2-1(3,4)5;1-2/h2-6,11H,7-9H2,1H3;;/q;-1;/p+1. The van der Waals surface area contributed by atoms with Crippen molar-refractivity contribution < 1.29 is 27.4 Å². The lowest BCUT2D eigenvalue weighted by atomic mass is 10.3. The van der Waals surface area contributed by atoms with E-state index in [0.717, 1.165) is 19.5 Å². The Morgan fingerprint density at radius 3 is 2.10 bits per heavy atom. The van der Waals surface area contributed by atoms with Gasteiger partial charge in [-0.3, -0.25) is 0 Å². The van der Waals surface area contributed by atoms with Crippen LogP contribution in [0.2, 0.25) is 0 Å². The Labute approximate surface area is 114 Å². The number of anilines is 1. The van der Waals surface area contributed by atoms with Gasteiger partial charge in [-0.05, 0) is 18.6 Å². The molecular formula is C11H16BF4N3O. The molecule has 1 atom stereocenters. The molecule has 9 heteroatoms. The molecule has 0 bridgehead atoms. The van der Waals surface area contributed by atoms with Gasteiger partial charge in [0.25, 0.3) is 0 Å². The van der Waals surface area contributed by atoms with Crippen molar-refractivity contribution in [2.45, 2.75) is 12.5 Å². The molecule has 1 aromatic rings. The van der Waals surface area contributed by atoms with E-state index in [2.05, 4.69) is 29.2 Å². The molecule has 0 radical (unpaired) electrons. The van der Waals surface area contributed by atoms with Gasteiger partial charge in [-0.15, -0.1) is 0 Å². The number of diazo groups is 1. The van der Waals surface area contributed by atoms with Crippen molar-refractivity contribution >= 4 is 12.9 Å². The summed E-state index contributed by atoms with van der Waals surface area (Å²) in [6.45, 7) is 2.14. The van der Waals surface area contributed by atoms with E-state index in [0.29, 0.717) is 6.10 Å². The lowest BCUT2D eigenvalue weighted by Crippen LogP contribution is -2.21. The second kappa shape index (κ2) is 9.15. The molecular weight excluding hydrogens is 277 g/mol. The Morgan fingerprint density at radius 1 is 1.20 bits per heavy atom. The van der Waals surface area contributed by atoms with Gasteiger partial charge in [0.15, 0.2) is 0 Å². The Balaban J connectivity index is 0.000000441. The van der Waals surface area contributed by atoms with Crippen LogP contribution in [0, 0.1) is 5.39 Å². The number of nitrogens with one attached hydrogen (secondary N) is 1. The van der Waals surface area contributed by atoms with Gasteiger partial charge in [-0.25, -0.2) is 0 Å². The fraction of sp³-hybridized carbons (Fsp3) is 0.455. The number of rotatable bonds is 2. The number of ether oxygens (including phenoxy) is 1. The minimum atomic E-state index is -6.00. The Bertz CT molecular complexity index is 382. The molecule has 1 saturated heterocycles. The monoisotopic (exact) mass is 293 g/mol. The average Bonchev–Trinajstić information content (AvgIpc) is 2.89. The first-order valence-electron chi connectivity index (χ1n) is 5.82. The van der Waals surface area contributed by atoms with Crippen LogP contribution in [-0.4, -0.2) is 33.6 Å². The number of halogens is 4. The quantitative estimate of drug-likeness (QED) is 0.510. The highest BCUT2D eigenvalue weighted by Crippen LogP contribution is 2.20. The summed E-state index contributed by atoms with van der Waals surface area (Å²) in [6.07, 6.45) is 1.56. The van der Waals surface area contributed by atoms with Crippen molar-refractivity contribution in [1.29, 1.82) is 5.39 Å². The van der Waals surface area contributed by atoms with Gasteiger partial charge in [0.1, 0.15) is 0 Å². The van der Waals surface area contributed by atoms with E-state index in [1.165, 1.54) is 5.69 Å². The second-order valence-corrected chi connectivity index (χ2v) is 3.92. The molecule has 112 valence electrons. The first kappa shape index (κ1) is 18.2. The summed E-state index contributed by atoms with van der Waals surface area (Å²) in [5.74, 6) is 0. The highest BCUT2D eigenvalue weighted by molar-refractivity contribution is 6.50. The molecule has 20 heavy (non-hydrogen) atoms. The largest absolute Gasteiger partial charge is 0.673 e. The van der Waals surface area contributed by atoms with Crippen molar-refractivity contribution in [2.75, 3.05) is 25.1 Å². The zero-order chi connectivity index (χ0) is 15.6. The molecule has 1 heterocycles. The number of para-hydroxylation sites is 1. The number of methoxy groups -OCH3 is 1. The Morgan fingerprint density at radius 2 is 1.70 bits per heavy atom. The molecule has 4 nitrogen and oxygen atoms in total. The molecule has 0 spiro atoms. The highest BCUT2D eigenvalue weighted by atomic mass is 19.5. The maximum Gasteiger partial charge on any atom is 0.673 e. The maximum absolute atomic E-state index is 9.75. The van der Waals surface area contributed by atoms with E-state index < -0.39 is 7.25 Å². The number of benzene rings is 1. The van der Waals surface area contributed by atoms with Gasteiger partial charge >= 0.3 is 7.25 Å². The normalized spacial score (nSPS) is 17.6. The second-order valence-electron chi connectivity index (χ2n) is 3.92. The van der Waals surface area contributed by atoms with Gasteiger partial charge in [0.05, 0.1) is 11.5 Å².